The fourth-order valence-electron chi connectivity index (χ4n) is 2.06. The average Bonchev–Trinajstić information content (AvgIpc) is 2.76. The maximum Gasteiger partial charge on any atom is 0.187 e. The van der Waals surface area contributed by atoms with E-state index in [0.29, 0.717) is 24.3 Å². The van der Waals surface area contributed by atoms with Crippen LogP contribution in [0.15, 0.2) is 72.8 Å². The smallest absolute Gasteiger partial charge is 0.187 e. The van der Waals surface area contributed by atoms with Gasteiger partial charge in [0.05, 0.1) is 12.6 Å². The van der Waals surface area contributed by atoms with Crippen LogP contribution in [0.1, 0.15) is 27.8 Å². The molecule has 3 rings (SSSR count). The van der Waals surface area contributed by atoms with Crippen molar-refractivity contribution in [2.24, 2.45) is 11.5 Å². The second kappa shape index (κ2) is 12.8. The molecule has 0 amide bonds. The van der Waals surface area contributed by atoms with Crippen LogP contribution in [0.5, 0.6) is 0 Å². The molecule has 0 atom stereocenters. The first kappa shape index (κ1) is 22.6. The SMILES string of the molecule is Cc1ccc(C)cc1.NCc1ccc(CN)cc1.[C-]#[N+]c1ccc(C#N)cc1. The third-order valence-electron chi connectivity index (χ3n) is 3.84. The van der Waals surface area contributed by atoms with E-state index in [-0.39, 0.29) is 0 Å². The lowest BCUT2D eigenvalue weighted by Crippen LogP contribution is -1.98. The second-order valence-electron chi connectivity index (χ2n) is 6.15. The van der Waals surface area contributed by atoms with E-state index >= 15 is 0 Å². The van der Waals surface area contributed by atoms with Crippen molar-refractivity contribution in [2.45, 2.75) is 26.9 Å². The fraction of sp³-hybridized carbons (Fsp3) is 0.167. The van der Waals surface area contributed by atoms with Crippen molar-refractivity contribution in [1.29, 1.82) is 5.26 Å². The van der Waals surface area contributed by atoms with Gasteiger partial charge in [-0.05, 0) is 25.0 Å². The average molecular weight is 371 g/mol. The van der Waals surface area contributed by atoms with Crippen LogP contribution in [-0.2, 0) is 13.1 Å². The Kier molecular flexibility index (Phi) is 10.4. The number of nitrogens with two attached hydrogens (primary N) is 2. The van der Waals surface area contributed by atoms with Crippen LogP contribution in [-0.4, -0.2) is 0 Å². The molecule has 142 valence electrons. The molecule has 0 bridgehead atoms. The van der Waals surface area contributed by atoms with E-state index in [9.17, 15) is 0 Å². The molecule has 0 aromatic heterocycles. The topological polar surface area (TPSA) is 80.2 Å². The van der Waals surface area contributed by atoms with Crippen LogP contribution in [0.4, 0.5) is 5.69 Å². The number of nitriles is 1. The second-order valence-corrected chi connectivity index (χ2v) is 6.15. The minimum Gasteiger partial charge on any atom is -0.326 e. The van der Waals surface area contributed by atoms with Crippen LogP contribution in [0.2, 0.25) is 0 Å². The van der Waals surface area contributed by atoms with Gasteiger partial charge in [0.1, 0.15) is 0 Å². The van der Waals surface area contributed by atoms with Crippen LogP contribution >= 0.6 is 0 Å². The molecule has 3 aromatic rings. The number of nitrogens with zero attached hydrogens (tertiary/aromatic N) is 2. The molecular formula is C24H26N4. The third kappa shape index (κ3) is 8.78. The number of rotatable bonds is 2. The summed E-state index contributed by atoms with van der Waals surface area (Å²) in [5, 5.41) is 8.37. The van der Waals surface area contributed by atoms with Crippen molar-refractivity contribution < 1.29 is 0 Å². The van der Waals surface area contributed by atoms with Crippen molar-refractivity contribution in [3.8, 4) is 6.07 Å². The summed E-state index contributed by atoms with van der Waals surface area (Å²) in [6.45, 7) is 12.0. The third-order valence-corrected chi connectivity index (χ3v) is 3.84. The van der Waals surface area contributed by atoms with Crippen molar-refractivity contribution >= 4 is 5.69 Å². The van der Waals surface area contributed by atoms with Gasteiger partial charge in [0.2, 0.25) is 0 Å². The summed E-state index contributed by atoms with van der Waals surface area (Å²) in [4.78, 5) is 3.19. The van der Waals surface area contributed by atoms with Gasteiger partial charge in [-0.25, -0.2) is 4.85 Å². The molecule has 0 aliphatic heterocycles. The van der Waals surface area contributed by atoms with Gasteiger partial charge >= 0.3 is 0 Å². The molecule has 3 aromatic carbocycles. The van der Waals surface area contributed by atoms with Gasteiger partial charge in [0.15, 0.2) is 5.69 Å². The number of hydrogen-bond acceptors (Lipinski definition) is 3. The van der Waals surface area contributed by atoms with E-state index in [1.807, 2.05) is 30.3 Å². The summed E-state index contributed by atoms with van der Waals surface area (Å²) in [7, 11) is 0. The largest absolute Gasteiger partial charge is 0.326 e. The molecule has 0 saturated heterocycles. The molecule has 4 heteroatoms. The summed E-state index contributed by atoms with van der Waals surface area (Å²) in [6.07, 6.45) is 0. The molecule has 0 aliphatic carbocycles. The van der Waals surface area contributed by atoms with Gasteiger partial charge in [-0.1, -0.05) is 83.9 Å². The molecule has 4 nitrogen and oxygen atoms in total. The van der Waals surface area contributed by atoms with E-state index in [1.165, 1.54) is 11.1 Å². The van der Waals surface area contributed by atoms with Crippen LogP contribution in [0, 0.1) is 31.8 Å². The van der Waals surface area contributed by atoms with Crippen LogP contribution in [0.3, 0.4) is 0 Å². The van der Waals surface area contributed by atoms with Crippen LogP contribution in [0.25, 0.3) is 4.85 Å². The Morgan fingerprint density at radius 1 is 0.750 bits per heavy atom. The Bertz CT molecular complexity index is 820. The molecule has 28 heavy (non-hydrogen) atoms. The fourth-order valence-corrected chi connectivity index (χ4v) is 2.06. The quantitative estimate of drug-likeness (QED) is 0.622. The molecule has 0 unspecified atom stereocenters. The Morgan fingerprint density at radius 2 is 1.14 bits per heavy atom. The Labute approximate surface area is 167 Å². The van der Waals surface area contributed by atoms with Gasteiger partial charge in [-0.3, -0.25) is 0 Å². The normalized spacial score (nSPS) is 8.93. The standard InChI is InChI=1S/C8H4N2.C8H12N2.C8H10/c1-10-8-4-2-7(6-9)3-5-8;9-5-7-1-2-8(6-10)4-3-7;1-7-3-5-8(2)6-4-7/h2-5H;1-4H,5-6,9-10H2;3-6H,1-2H3. The van der Waals surface area contributed by atoms with E-state index in [2.05, 4.69) is 43.0 Å². The van der Waals surface area contributed by atoms with E-state index in [0.717, 1.165) is 11.1 Å². The van der Waals surface area contributed by atoms with E-state index < -0.39 is 0 Å². The van der Waals surface area contributed by atoms with E-state index in [4.69, 9.17) is 23.3 Å². The summed E-state index contributed by atoms with van der Waals surface area (Å²) in [5.41, 5.74) is 16.9. The van der Waals surface area contributed by atoms with Gasteiger partial charge < -0.3 is 11.5 Å². The number of hydrogen-bond donors (Lipinski definition) is 2. The zero-order valence-corrected chi connectivity index (χ0v) is 16.4. The maximum atomic E-state index is 8.37. The first-order valence-corrected chi connectivity index (χ1v) is 8.91. The lowest BCUT2D eigenvalue weighted by Gasteiger charge is -1.97. The van der Waals surface area contributed by atoms with Gasteiger partial charge in [-0.2, -0.15) is 5.26 Å². The first-order chi connectivity index (χ1) is 13.5. The minimum absolute atomic E-state index is 0.569. The lowest BCUT2D eigenvalue weighted by molar-refractivity contribution is 1.04. The maximum absolute atomic E-state index is 8.37. The monoisotopic (exact) mass is 370 g/mol. The lowest BCUT2D eigenvalue weighted by atomic mass is 10.1. The zero-order valence-electron chi connectivity index (χ0n) is 16.4. The number of benzene rings is 3. The molecule has 0 heterocycles. The number of aryl methyl sites for hydroxylation is 2. The molecule has 0 radical (unpaired) electrons. The molecule has 0 spiro atoms. The van der Waals surface area contributed by atoms with Crippen molar-refractivity contribution in [3.05, 3.63) is 112 Å². The predicted molar refractivity (Wildman–Crippen MR) is 116 cm³/mol. The summed E-state index contributed by atoms with van der Waals surface area (Å²) in [5.74, 6) is 0. The van der Waals surface area contributed by atoms with Gasteiger partial charge in [0.25, 0.3) is 0 Å². The van der Waals surface area contributed by atoms with Crippen LogP contribution < -0.4 is 11.5 Å². The summed E-state index contributed by atoms with van der Waals surface area (Å²) >= 11 is 0. The highest BCUT2D eigenvalue weighted by molar-refractivity contribution is 5.47. The highest BCUT2D eigenvalue weighted by atomic mass is 14.6. The molecular weight excluding hydrogens is 344 g/mol. The van der Waals surface area contributed by atoms with Crippen molar-refractivity contribution in [3.63, 3.8) is 0 Å². The zero-order chi connectivity index (χ0) is 20.8. The summed E-state index contributed by atoms with van der Waals surface area (Å²) < 4.78 is 0. The van der Waals surface area contributed by atoms with Gasteiger partial charge in [0, 0.05) is 18.7 Å². The van der Waals surface area contributed by atoms with Crippen molar-refractivity contribution in [2.75, 3.05) is 0 Å². The highest BCUT2D eigenvalue weighted by Gasteiger charge is 1.89. The predicted octanol–water partition coefficient (Wildman–Crippen LogP) is 5.02. The Hall–Kier alpha value is -3.44. The van der Waals surface area contributed by atoms with Gasteiger partial charge in [-0.15, -0.1) is 0 Å². The molecule has 0 saturated carbocycles. The summed E-state index contributed by atoms with van der Waals surface area (Å²) in [6, 6.07) is 25.0. The highest BCUT2D eigenvalue weighted by Crippen LogP contribution is 2.11. The minimum atomic E-state index is 0.569. The van der Waals surface area contributed by atoms with Crippen molar-refractivity contribution in [1.82, 2.24) is 0 Å². The first-order valence-electron chi connectivity index (χ1n) is 8.91. The Balaban J connectivity index is 0.000000212. The Morgan fingerprint density at radius 3 is 1.43 bits per heavy atom. The molecule has 0 fully saturated rings. The molecule has 0 aliphatic rings. The molecule has 4 N–H and O–H groups in total. The van der Waals surface area contributed by atoms with E-state index in [1.54, 1.807) is 24.3 Å².